The van der Waals surface area contributed by atoms with Gasteiger partial charge in [0.1, 0.15) is 5.60 Å². The molecule has 1 aromatic rings. The first kappa shape index (κ1) is 7.77. The number of ether oxygens (including phenoxy) is 1. The second-order valence-corrected chi connectivity index (χ2v) is 3.33. The highest BCUT2D eigenvalue weighted by Gasteiger charge is 2.34. The number of benzene rings is 1. The van der Waals surface area contributed by atoms with Crippen LogP contribution in [0.5, 0.6) is 0 Å². The van der Waals surface area contributed by atoms with Crippen LogP contribution in [0.15, 0.2) is 24.3 Å². The monoisotopic (exact) mass is 164 g/mol. The number of rotatable bonds is 1. The molecule has 0 fully saturated rings. The minimum absolute atomic E-state index is 0.0456. The van der Waals surface area contributed by atoms with Gasteiger partial charge in [0, 0.05) is 0 Å². The van der Waals surface area contributed by atoms with Gasteiger partial charge in [-0.3, -0.25) is 0 Å². The van der Waals surface area contributed by atoms with Gasteiger partial charge in [-0.15, -0.1) is 0 Å². The molecule has 0 aliphatic carbocycles. The lowest BCUT2D eigenvalue weighted by Crippen LogP contribution is -2.25. The summed E-state index contributed by atoms with van der Waals surface area (Å²) in [5.74, 6) is 0. The van der Waals surface area contributed by atoms with Gasteiger partial charge < -0.3 is 9.84 Å². The fourth-order valence-corrected chi connectivity index (χ4v) is 1.61. The average Bonchev–Trinajstić information content (AvgIpc) is 2.46. The highest BCUT2D eigenvalue weighted by atomic mass is 16.5. The third-order valence-electron chi connectivity index (χ3n) is 2.44. The molecule has 1 unspecified atom stereocenters. The fraction of sp³-hybridized carbons (Fsp3) is 0.400. The molecule has 12 heavy (non-hydrogen) atoms. The van der Waals surface area contributed by atoms with Gasteiger partial charge in [0.15, 0.2) is 0 Å². The van der Waals surface area contributed by atoms with E-state index in [-0.39, 0.29) is 6.61 Å². The van der Waals surface area contributed by atoms with Crippen molar-refractivity contribution in [1.29, 1.82) is 0 Å². The maximum absolute atomic E-state index is 9.15. The molecule has 0 radical (unpaired) electrons. The summed E-state index contributed by atoms with van der Waals surface area (Å²) < 4.78 is 5.51. The van der Waals surface area contributed by atoms with E-state index in [9.17, 15) is 0 Å². The summed E-state index contributed by atoms with van der Waals surface area (Å²) in [6, 6.07) is 8.02. The van der Waals surface area contributed by atoms with Gasteiger partial charge in [-0.1, -0.05) is 24.3 Å². The van der Waals surface area contributed by atoms with Crippen molar-refractivity contribution in [3.8, 4) is 0 Å². The van der Waals surface area contributed by atoms with Gasteiger partial charge in [0.25, 0.3) is 0 Å². The lowest BCUT2D eigenvalue weighted by Gasteiger charge is -2.21. The van der Waals surface area contributed by atoms with Crippen molar-refractivity contribution < 1.29 is 9.84 Å². The van der Waals surface area contributed by atoms with Gasteiger partial charge in [-0.2, -0.15) is 0 Å². The average molecular weight is 164 g/mol. The Morgan fingerprint density at radius 1 is 1.50 bits per heavy atom. The van der Waals surface area contributed by atoms with Crippen LogP contribution in [0, 0.1) is 0 Å². The standard InChI is InChI=1S/C10H12O2/c1-10(7-11)9-5-3-2-4-8(9)6-12-10/h2-5,11H,6-7H2,1H3. The summed E-state index contributed by atoms with van der Waals surface area (Å²) in [4.78, 5) is 0. The van der Waals surface area contributed by atoms with Gasteiger partial charge in [-0.05, 0) is 18.1 Å². The maximum atomic E-state index is 9.15. The molecular formula is C10H12O2. The van der Waals surface area contributed by atoms with Gasteiger partial charge in [0.2, 0.25) is 0 Å². The molecule has 0 bridgehead atoms. The van der Waals surface area contributed by atoms with E-state index in [0.29, 0.717) is 6.61 Å². The van der Waals surface area contributed by atoms with Crippen molar-refractivity contribution in [2.45, 2.75) is 19.1 Å². The number of fused-ring (bicyclic) bond motifs is 1. The topological polar surface area (TPSA) is 29.5 Å². The molecule has 64 valence electrons. The Morgan fingerprint density at radius 2 is 2.25 bits per heavy atom. The summed E-state index contributed by atoms with van der Waals surface area (Å²) in [5.41, 5.74) is 1.83. The normalized spacial score (nSPS) is 27.2. The molecule has 2 nitrogen and oxygen atoms in total. The van der Waals surface area contributed by atoms with Crippen LogP contribution in [0.2, 0.25) is 0 Å². The molecule has 0 saturated carbocycles. The molecule has 2 rings (SSSR count). The van der Waals surface area contributed by atoms with Crippen LogP contribution in [-0.4, -0.2) is 11.7 Å². The van der Waals surface area contributed by atoms with E-state index in [0.717, 1.165) is 5.56 Å². The second kappa shape index (κ2) is 2.57. The van der Waals surface area contributed by atoms with Crippen molar-refractivity contribution in [1.82, 2.24) is 0 Å². The first-order chi connectivity index (χ1) is 5.76. The van der Waals surface area contributed by atoms with Crippen molar-refractivity contribution in [3.05, 3.63) is 35.4 Å². The lowest BCUT2D eigenvalue weighted by atomic mass is 9.95. The summed E-state index contributed by atoms with van der Waals surface area (Å²) in [6.07, 6.45) is 0. The molecule has 1 aromatic carbocycles. The summed E-state index contributed by atoms with van der Waals surface area (Å²) in [6.45, 7) is 2.58. The number of aliphatic hydroxyl groups excluding tert-OH is 1. The SMILES string of the molecule is CC1(CO)OCc2ccccc21. The van der Waals surface area contributed by atoms with Gasteiger partial charge in [-0.25, -0.2) is 0 Å². The van der Waals surface area contributed by atoms with Crippen LogP contribution in [0.4, 0.5) is 0 Å². The first-order valence-corrected chi connectivity index (χ1v) is 4.09. The van der Waals surface area contributed by atoms with E-state index >= 15 is 0 Å². The Bertz CT molecular complexity index is 296. The largest absolute Gasteiger partial charge is 0.393 e. The molecule has 1 atom stereocenters. The quantitative estimate of drug-likeness (QED) is 0.680. The zero-order valence-electron chi connectivity index (χ0n) is 7.08. The van der Waals surface area contributed by atoms with Crippen molar-refractivity contribution >= 4 is 0 Å². The Labute approximate surface area is 71.8 Å². The van der Waals surface area contributed by atoms with Crippen LogP contribution in [0.1, 0.15) is 18.1 Å². The predicted molar refractivity (Wildman–Crippen MR) is 45.7 cm³/mol. The van der Waals surface area contributed by atoms with E-state index in [2.05, 4.69) is 0 Å². The van der Waals surface area contributed by atoms with Crippen LogP contribution in [-0.2, 0) is 16.9 Å². The molecule has 1 aliphatic heterocycles. The van der Waals surface area contributed by atoms with Crippen LogP contribution in [0.25, 0.3) is 0 Å². The zero-order chi connectivity index (χ0) is 8.60. The van der Waals surface area contributed by atoms with E-state index in [4.69, 9.17) is 9.84 Å². The van der Waals surface area contributed by atoms with Crippen LogP contribution < -0.4 is 0 Å². The van der Waals surface area contributed by atoms with E-state index < -0.39 is 5.60 Å². The summed E-state index contributed by atoms with van der Waals surface area (Å²) in [5, 5.41) is 9.15. The molecule has 0 spiro atoms. The molecular weight excluding hydrogens is 152 g/mol. The molecule has 1 N–H and O–H groups in total. The highest BCUT2D eigenvalue weighted by Crippen LogP contribution is 2.35. The fourth-order valence-electron chi connectivity index (χ4n) is 1.61. The second-order valence-electron chi connectivity index (χ2n) is 3.33. The zero-order valence-corrected chi connectivity index (χ0v) is 7.08. The minimum Gasteiger partial charge on any atom is -0.393 e. The maximum Gasteiger partial charge on any atom is 0.114 e. The van der Waals surface area contributed by atoms with Crippen LogP contribution >= 0.6 is 0 Å². The van der Waals surface area contributed by atoms with Crippen molar-refractivity contribution in [3.63, 3.8) is 0 Å². The Hall–Kier alpha value is -0.860. The number of hydrogen-bond acceptors (Lipinski definition) is 2. The highest BCUT2D eigenvalue weighted by molar-refractivity contribution is 5.34. The van der Waals surface area contributed by atoms with E-state index in [1.54, 1.807) is 0 Å². The number of aliphatic hydroxyl groups is 1. The Kier molecular flexibility index (Phi) is 1.67. The Balaban J connectivity index is 2.49. The minimum atomic E-state index is -0.476. The predicted octanol–water partition coefficient (Wildman–Crippen LogP) is 1.42. The lowest BCUT2D eigenvalue weighted by molar-refractivity contribution is -0.0604. The molecule has 1 heterocycles. The molecule has 0 aromatic heterocycles. The molecule has 0 saturated heterocycles. The summed E-state index contributed by atoms with van der Waals surface area (Å²) >= 11 is 0. The third-order valence-corrected chi connectivity index (χ3v) is 2.44. The molecule has 1 aliphatic rings. The van der Waals surface area contributed by atoms with Gasteiger partial charge in [0.05, 0.1) is 13.2 Å². The summed E-state index contributed by atoms with van der Waals surface area (Å²) in [7, 11) is 0. The van der Waals surface area contributed by atoms with E-state index in [1.165, 1.54) is 5.56 Å². The molecule has 0 amide bonds. The number of hydrogen-bond donors (Lipinski definition) is 1. The van der Waals surface area contributed by atoms with Crippen molar-refractivity contribution in [2.24, 2.45) is 0 Å². The van der Waals surface area contributed by atoms with Crippen LogP contribution in [0.3, 0.4) is 0 Å². The van der Waals surface area contributed by atoms with E-state index in [1.807, 2.05) is 31.2 Å². The Morgan fingerprint density at radius 3 is 3.00 bits per heavy atom. The smallest absolute Gasteiger partial charge is 0.114 e. The van der Waals surface area contributed by atoms with Gasteiger partial charge >= 0.3 is 0 Å². The molecule has 2 heteroatoms. The first-order valence-electron chi connectivity index (χ1n) is 4.09. The third kappa shape index (κ3) is 0.958. The van der Waals surface area contributed by atoms with Crippen molar-refractivity contribution in [2.75, 3.05) is 6.61 Å².